The van der Waals surface area contributed by atoms with Crippen LogP contribution in [0.25, 0.3) is 0 Å². The lowest BCUT2D eigenvalue weighted by Crippen LogP contribution is -2.41. The van der Waals surface area contributed by atoms with Crippen LogP contribution in [0, 0.1) is 17.3 Å². The van der Waals surface area contributed by atoms with Crippen molar-refractivity contribution in [1.82, 2.24) is 20.1 Å². The van der Waals surface area contributed by atoms with Crippen LogP contribution < -0.4 is 5.32 Å². The minimum Gasteiger partial charge on any atom is -0.312 e. The number of hydrogen-bond donors (Lipinski definition) is 1. The fourth-order valence-electron chi connectivity index (χ4n) is 4.71. The van der Waals surface area contributed by atoms with Crippen molar-refractivity contribution in [2.75, 3.05) is 6.54 Å². The number of nitrogens with zero attached hydrogens (tertiary/aromatic N) is 3. The van der Waals surface area contributed by atoms with Gasteiger partial charge in [-0.2, -0.15) is 0 Å². The van der Waals surface area contributed by atoms with Crippen LogP contribution in [0.15, 0.2) is 0 Å². The molecule has 0 aromatic carbocycles. The lowest BCUT2D eigenvalue weighted by Gasteiger charge is -2.35. The van der Waals surface area contributed by atoms with Gasteiger partial charge >= 0.3 is 0 Å². The molecule has 20 heavy (non-hydrogen) atoms. The highest BCUT2D eigenvalue weighted by molar-refractivity contribution is 5.14. The summed E-state index contributed by atoms with van der Waals surface area (Å²) < 4.78 is 2.44. The minimum atomic E-state index is 0.192. The summed E-state index contributed by atoms with van der Waals surface area (Å²) in [6.07, 6.45) is 5.66. The van der Waals surface area contributed by atoms with Crippen LogP contribution in [0.4, 0.5) is 0 Å². The van der Waals surface area contributed by atoms with Crippen LogP contribution >= 0.6 is 0 Å². The van der Waals surface area contributed by atoms with E-state index in [0.717, 1.165) is 24.9 Å². The van der Waals surface area contributed by atoms with E-state index < -0.39 is 0 Å². The fraction of sp³-hybridized carbons (Fsp3) is 0.875. The Morgan fingerprint density at radius 2 is 1.90 bits per heavy atom. The smallest absolute Gasteiger partial charge is 0.150 e. The monoisotopic (exact) mass is 274 g/mol. The molecule has 2 heterocycles. The number of rotatable bonds is 1. The molecule has 2 saturated carbocycles. The Balaban J connectivity index is 1.69. The second-order valence-electron chi connectivity index (χ2n) is 8.10. The van der Waals surface area contributed by atoms with Crippen LogP contribution in [0.1, 0.15) is 70.1 Å². The third-order valence-corrected chi connectivity index (χ3v) is 5.69. The van der Waals surface area contributed by atoms with E-state index in [1.807, 2.05) is 0 Å². The van der Waals surface area contributed by atoms with Gasteiger partial charge in [-0.15, -0.1) is 10.2 Å². The van der Waals surface area contributed by atoms with Gasteiger partial charge in [-0.3, -0.25) is 0 Å². The Kier molecular flexibility index (Phi) is 2.75. The summed E-state index contributed by atoms with van der Waals surface area (Å²) in [6.45, 7) is 8.93. The van der Waals surface area contributed by atoms with E-state index in [4.69, 9.17) is 0 Å². The van der Waals surface area contributed by atoms with Gasteiger partial charge in [-0.25, -0.2) is 0 Å². The van der Waals surface area contributed by atoms with Gasteiger partial charge in [0.05, 0.1) is 6.04 Å². The molecule has 110 valence electrons. The molecule has 4 nitrogen and oxygen atoms in total. The van der Waals surface area contributed by atoms with Crippen LogP contribution in [0.2, 0.25) is 0 Å². The molecule has 2 bridgehead atoms. The molecule has 0 spiro atoms. The third kappa shape index (κ3) is 1.84. The summed E-state index contributed by atoms with van der Waals surface area (Å²) in [5.74, 6) is 5.01. The highest BCUT2D eigenvalue weighted by Gasteiger charge is 2.44. The van der Waals surface area contributed by atoms with Gasteiger partial charge < -0.3 is 9.88 Å². The molecule has 4 atom stereocenters. The van der Waals surface area contributed by atoms with Gasteiger partial charge in [0.25, 0.3) is 0 Å². The average molecular weight is 274 g/mol. The van der Waals surface area contributed by atoms with Crippen molar-refractivity contribution in [3.8, 4) is 0 Å². The van der Waals surface area contributed by atoms with Gasteiger partial charge in [-0.1, -0.05) is 27.2 Å². The molecular formula is C16H26N4. The summed E-state index contributed by atoms with van der Waals surface area (Å²) in [4.78, 5) is 0. The largest absolute Gasteiger partial charge is 0.312 e. The van der Waals surface area contributed by atoms with Gasteiger partial charge in [-0.05, 0) is 36.5 Å². The van der Waals surface area contributed by atoms with Crippen molar-refractivity contribution in [2.45, 2.75) is 65.0 Å². The maximum absolute atomic E-state index is 4.64. The zero-order chi connectivity index (χ0) is 13.9. The molecule has 2 fully saturated rings. The molecule has 0 radical (unpaired) electrons. The van der Waals surface area contributed by atoms with Crippen molar-refractivity contribution >= 4 is 0 Å². The molecule has 1 aliphatic heterocycles. The first-order chi connectivity index (χ1) is 9.54. The topological polar surface area (TPSA) is 42.7 Å². The Morgan fingerprint density at radius 1 is 1.10 bits per heavy atom. The molecule has 4 heteroatoms. The Labute approximate surface area is 121 Å². The van der Waals surface area contributed by atoms with Crippen molar-refractivity contribution < 1.29 is 0 Å². The molecule has 2 aliphatic carbocycles. The lowest BCUT2D eigenvalue weighted by atomic mass is 9.85. The fourth-order valence-corrected chi connectivity index (χ4v) is 4.71. The Morgan fingerprint density at radius 3 is 2.55 bits per heavy atom. The third-order valence-electron chi connectivity index (χ3n) is 5.69. The zero-order valence-corrected chi connectivity index (χ0v) is 12.9. The predicted molar refractivity (Wildman–Crippen MR) is 78.4 cm³/mol. The molecule has 1 N–H and O–H groups in total. The lowest BCUT2D eigenvalue weighted by molar-refractivity contribution is 0.230. The maximum Gasteiger partial charge on any atom is 0.150 e. The number of hydrogen-bond acceptors (Lipinski definition) is 3. The van der Waals surface area contributed by atoms with Gasteiger partial charge in [0.1, 0.15) is 5.82 Å². The summed E-state index contributed by atoms with van der Waals surface area (Å²) in [5, 5.41) is 12.8. The Hall–Kier alpha value is -0.900. The first-order valence-corrected chi connectivity index (χ1v) is 8.20. The SMILES string of the molecule is CC(C)(C)C1NCCn2c(C3CC4CCC3C4)nnc21. The number of fused-ring (bicyclic) bond motifs is 3. The van der Waals surface area contributed by atoms with E-state index in [1.165, 1.54) is 37.3 Å². The van der Waals surface area contributed by atoms with Crippen LogP contribution in [-0.2, 0) is 6.54 Å². The zero-order valence-electron chi connectivity index (χ0n) is 12.9. The predicted octanol–water partition coefficient (Wildman–Crippen LogP) is 2.87. The van der Waals surface area contributed by atoms with Gasteiger partial charge in [0.2, 0.25) is 0 Å². The minimum absolute atomic E-state index is 0.192. The standard InChI is InChI=1S/C16H26N4/c1-16(2,3)13-15-19-18-14(20(15)7-6-17-13)12-9-10-4-5-11(12)8-10/h10-13,17H,4-9H2,1-3H3. The summed E-state index contributed by atoms with van der Waals surface area (Å²) in [6, 6.07) is 0.330. The second kappa shape index (κ2) is 4.30. The van der Waals surface area contributed by atoms with Gasteiger partial charge in [0, 0.05) is 19.0 Å². The maximum atomic E-state index is 4.64. The van der Waals surface area contributed by atoms with E-state index in [0.29, 0.717) is 12.0 Å². The molecule has 1 aromatic rings. The first kappa shape index (κ1) is 12.8. The molecule has 0 saturated heterocycles. The van der Waals surface area contributed by atoms with Gasteiger partial charge in [0.15, 0.2) is 5.82 Å². The van der Waals surface area contributed by atoms with Crippen molar-refractivity contribution in [3.63, 3.8) is 0 Å². The highest BCUT2D eigenvalue weighted by atomic mass is 15.3. The molecule has 4 rings (SSSR count). The quantitative estimate of drug-likeness (QED) is 0.856. The van der Waals surface area contributed by atoms with Crippen LogP contribution in [-0.4, -0.2) is 21.3 Å². The number of nitrogens with one attached hydrogen (secondary N) is 1. The molecule has 3 aliphatic rings. The normalized spacial score (nSPS) is 36.4. The summed E-state index contributed by atoms with van der Waals surface area (Å²) in [7, 11) is 0. The average Bonchev–Trinajstić information content (AvgIpc) is 3.10. The van der Waals surface area contributed by atoms with E-state index in [2.05, 4.69) is 40.9 Å². The summed E-state index contributed by atoms with van der Waals surface area (Å²) >= 11 is 0. The molecule has 1 aromatic heterocycles. The number of aromatic nitrogens is 3. The molecular weight excluding hydrogens is 248 g/mol. The van der Waals surface area contributed by atoms with Crippen LogP contribution in [0.5, 0.6) is 0 Å². The Bertz CT molecular complexity index is 513. The van der Waals surface area contributed by atoms with Crippen molar-refractivity contribution in [3.05, 3.63) is 11.6 Å². The summed E-state index contributed by atoms with van der Waals surface area (Å²) in [5.41, 5.74) is 0.192. The van der Waals surface area contributed by atoms with E-state index in [1.54, 1.807) is 0 Å². The van der Waals surface area contributed by atoms with E-state index in [-0.39, 0.29) is 5.41 Å². The molecule has 0 amide bonds. The van der Waals surface area contributed by atoms with E-state index in [9.17, 15) is 0 Å². The second-order valence-corrected chi connectivity index (χ2v) is 8.10. The first-order valence-electron chi connectivity index (χ1n) is 8.20. The van der Waals surface area contributed by atoms with E-state index >= 15 is 0 Å². The van der Waals surface area contributed by atoms with Crippen molar-refractivity contribution in [2.24, 2.45) is 17.3 Å². The van der Waals surface area contributed by atoms with Crippen molar-refractivity contribution in [1.29, 1.82) is 0 Å². The van der Waals surface area contributed by atoms with Crippen LogP contribution in [0.3, 0.4) is 0 Å². The highest BCUT2D eigenvalue weighted by Crippen LogP contribution is 2.52. The molecule has 4 unspecified atom stereocenters.